The Kier molecular flexibility index (Phi) is 4.05. The molecule has 6 heteroatoms. The first-order valence-corrected chi connectivity index (χ1v) is 8.96. The monoisotopic (exact) mass is 353 g/mol. The Morgan fingerprint density at radius 2 is 1.96 bits per heavy atom. The number of benzene rings is 2. The van der Waals surface area contributed by atoms with E-state index in [1.54, 1.807) is 28.8 Å². The van der Waals surface area contributed by atoms with Gasteiger partial charge in [-0.05, 0) is 24.3 Å². The van der Waals surface area contributed by atoms with Gasteiger partial charge in [0.15, 0.2) is 0 Å². The number of carbonyl (C=O) groups is 1. The van der Waals surface area contributed by atoms with Crippen LogP contribution in [0.1, 0.15) is 16.2 Å². The average molecular weight is 353 g/mol. The normalized spacial score (nSPS) is 16.1. The highest BCUT2D eigenvalue weighted by Gasteiger charge is 2.27. The highest BCUT2D eigenvalue weighted by molar-refractivity contribution is 8.03. The van der Waals surface area contributed by atoms with Crippen LogP contribution in [-0.2, 0) is 7.05 Å². The van der Waals surface area contributed by atoms with Crippen molar-refractivity contribution in [3.63, 3.8) is 0 Å². The smallest absolute Gasteiger partial charge is 0.261 e. The molecule has 0 spiro atoms. The lowest BCUT2D eigenvalue weighted by Crippen LogP contribution is -2.27. The minimum Gasteiger partial charge on any atom is -0.328 e. The lowest BCUT2D eigenvalue weighted by Gasteiger charge is -2.17. The second kappa shape index (κ2) is 6.37. The van der Waals surface area contributed by atoms with Crippen molar-refractivity contribution in [2.45, 2.75) is 0 Å². The van der Waals surface area contributed by atoms with Crippen LogP contribution in [0.3, 0.4) is 0 Å². The number of nitrogens with zero attached hydrogens (tertiary/aromatic N) is 3. The molecule has 1 saturated heterocycles. The largest absolute Gasteiger partial charge is 0.328 e. The summed E-state index contributed by atoms with van der Waals surface area (Å²) in [5.41, 5.74) is 2.04. The fraction of sp³-hybridized carbons (Fsp3) is 0.158. The lowest BCUT2D eigenvalue weighted by molar-refractivity contribution is 0.0826. The molecule has 0 radical (unpaired) electrons. The summed E-state index contributed by atoms with van der Waals surface area (Å²) >= 11 is 1.58. The first kappa shape index (κ1) is 15.9. The van der Waals surface area contributed by atoms with Gasteiger partial charge in [-0.15, -0.1) is 11.8 Å². The van der Waals surface area contributed by atoms with E-state index in [0.717, 1.165) is 27.6 Å². The van der Waals surface area contributed by atoms with Gasteiger partial charge in [-0.1, -0.05) is 24.3 Å². The molecule has 1 aliphatic rings. The molecule has 1 aromatic heterocycles. The minimum atomic E-state index is -0.494. The van der Waals surface area contributed by atoms with E-state index in [1.165, 1.54) is 12.1 Å². The molecule has 4 rings (SSSR count). The van der Waals surface area contributed by atoms with Crippen molar-refractivity contribution in [2.24, 2.45) is 7.05 Å². The quantitative estimate of drug-likeness (QED) is 0.701. The third-order valence-electron chi connectivity index (χ3n) is 4.25. The SMILES string of the molecule is Cn1c(/C=C2/SCCN2C(=O)c2ccccc2F)nc2ccccc21. The Balaban J connectivity index is 1.71. The predicted octanol–water partition coefficient (Wildman–Crippen LogP) is 3.90. The maximum Gasteiger partial charge on any atom is 0.261 e. The zero-order chi connectivity index (χ0) is 17.4. The second-order valence-corrected chi connectivity index (χ2v) is 6.90. The second-order valence-electron chi connectivity index (χ2n) is 5.79. The number of halogens is 1. The Morgan fingerprint density at radius 1 is 1.20 bits per heavy atom. The Labute approximate surface area is 149 Å². The first-order valence-electron chi connectivity index (χ1n) is 7.97. The standard InChI is InChI=1S/C19H16FN3OS/c1-22-16-9-5-4-8-15(16)21-17(22)12-18-23(10-11-25-18)19(24)13-6-2-3-7-14(13)20/h2-9,12H,10-11H2,1H3/b18-12+. The van der Waals surface area contributed by atoms with E-state index in [4.69, 9.17) is 0 Å². The predicted molar refractivity (Wildman–Crippen MR) is 98.6 cm³/mol. The van der Waals surface area contributed by atoms with E-state index in [-0.39, 0.29) is 11.5 Å². The molecular weight excluding hydrogens is 337 g/mol. The fourth-order valence-electron chi connectivity index (χ4n) is 2.93. The molecule has 0 saturated carbocycles. The summed E-state index contributed by atoms with van der Waals surface area (Å²) in [6.45, 7) is 0.563. The third-order valence-corrected chi connectivity index (χ3v) is 5.28. The molecule has 0 aliphatic carbocycles. The van der Waals surface area contributed by atoms with Crippen LogP contribution in [0, 0.1) is 5.82 Å². The summed E-state index contributed by atoms with van der Waals surface area (Å²) in [5.74, 6) is 0.757. The molecule has 2 heterocycles. The van der Waals surface area contributed by atoms with Crippen molar-refractivity contribution in [1.82, 2.24) is 14.5 Å². The van der Waals surface area contributed by atoms with Gasteiger partial charge >= 0.3 is 0 Å². The van der Waals surface area contributed by atoms with Crippen LogP contribution < -0.4 is 0 Å². The number of carbonyl (C=O) groups excluding carboxylic acids is 1. The number of thioether (sulfide) groups is 1. The molecule has 2 aromatic carbocycles. The van der Waals surface area contributed by atoms with Gasteiger partial charge in [-0.2, -0.15) is 0 Å². The van der Waals surface area contributed by atoms with E-state index in [9.17, 15) is 9.18 Å². The Hall–Kier alpha value is -2.60. The van der Waals surface area contributed by atoms with E-state index in [0.29, 0.717) is 6.54 Å². The molecule has 1 amide bonds. The van der Waals surface area contributed by atoms with Crippen molar-refractivity contribution in [3.05, 3.63) is 70.8 Å². The fourth-order valence-corrected chi connectivity index (χ4v) is 3.94. The van der Waals surface area contributed by atoms with Crippen molar-refractivity contribution in [1.29, 1.82) is 0 Å². The van der Waals surface area contributed by atoms with Crippen LogP contribution in [0.15, 0.2) is 53.6 Å². The van der Waals surface area contributed by atoms with Gasteiger partial charge in [0.2, 0.25) is 0 Å². The number of fused-ring (bicyclic) bond motifs is 1. The first-order chi connectivity index (χ1) is 12.1. The number of rotatable bonds is 2. The number of hydrogen-bond acceptors (Lipinski definition) is 3. The van der Waals surface area contributed by atoms with E-state index in [1.807, 2.05) is 42.0 Å². The topological polar surface area (TPSA) is 38.1 Å². The molecular formula is C19H16FN3OS. The minimum absolute atomic E-state index is 0.0981. The van der Waals surface area contributed by atoms with Crippen LogP contribution in [0.4, 0.5) is 4.39 Å². The summed E-state index contributed by atoms with van der Waals surface area (Å²) < 4.78 is 16.0. The molecule has 0 atom stereocenters. The van der Waals surface area contributed by atoms with Gasteiger partial charge < -0.3 is 9.47 Å². The van der Waals surface area contributed by atoms with E-state index < -0.39 is 5.82 Å². The maximum atomic E-state index is 14.0. The number of amides is 1. The van der Waals surface area contributed by atoms with E-state index >= 15 is 0 Å². The summed E-state index contributed by atoms with van der Waals surface area (Å²) in [6.07, 6.45) is 1.90. The molecule has 3 aromatic rings. The van der Waals surface area contributed by atoms with Crippen molar-refractivity contribution in [3.8, 4) is 0 Å². The maximum absolute atomic E-state index is 14.0. The van der Waals surface area contributed by atoms with Crippen LogP contribution in [0.5, 0.6) is 0 Å². The highest BCUT2D eigenvalue weighted by Crippen LogP contribution is 2.32. The number of para-hydroxylation sites is 2. The number of aryl methyl sites for hydroxylation is 1. The molecule has 4 nitrogen and oxygen atoms in total. The molecule has 0 bridgehead atoms. The lowest BCUT2D eigenvalue weighted by atomic mass is 10.2. The Morgan fingerprint density at radius 3 is 2.76 bits per heavy atom. The van der Waals surface area contributed by atoms with Crippen LogP contribution in [0.2, 0.25) is 0 Å². The number of imidazole rings is 1. The van der Waals surface area contributed by atoms with Gasteiger partial charge in [-0.3, -0.25) is 4.79 Å². The summed E-state index contributed by atoms with van der Waals surface area (Å²) in [5, 5.41) is 0.798. The molecule has 25 heavy (non-hydrogen) atoms. The zero-order valence-corrected chi connectivity index (χ0v) is 14.5. The molecule has 126 valence electrons. The highest BCUT2D eigenvalue weighted by atomic mass is 32.2. The van der Waals surface area contributed by atoms with Gasteiger partial charge in [-0.25, -0.2) is 9.37 Å². The van der Waals surface area contributed by atoms with Gasteiger partial charge in [0.1, 0.15) is 11.6 Å². The summed E-state index contributed by atoms with van der Waals surface area (Å²) in [7, 11) is 1.95. The molecule has 1 aliphatic heterocycles. The van der Waals surface area contributed by atoms with Crippen LogP contribution in [-0.4, -0.2) is 32.7 Å². The average Bonchev–Trinajstić information content (AvgIpc) is 3.21. The molecule has 1 fully saturated rings. The van der Waals surface area contributed by atoms with Crippen LogP contribution in [0.25, 0.3) is 17.1 Å². The number of aromatic nitrogens is 2. The zero-order valence-electron chi connectivity index (χ0n) is 13.6. The summed E-state index contributed by atoms with van der Waals surface area (Å²) in [4.78, 5) is 19.0. The van der Waals surface area contributed by atoms with Crippen molar-refractivity contribution >= 4 is 34.8 Å². The van der Waals surface area contributed by atoms with Crippen molar-refractivity contribution < 1.29 is 9.18 Å². The molecule has 0 N–H and O–H groups in total. The van der Waals surface area contributed by atoms with Gasteiger partial charge in [0, 0.05) is 25.4 Å². The van der Waals surface area contributed by atoms with Gasteiger partial charge in [0.05, 0.1) is 21.6 Å². The van der Waals surface area contributed by atoms with E-state index in [2.05, 4.69) is 4.98 Å². The Bertz CT molecular complexity index is 995. The number of hydrogen-bond donors (Lipinski definition) is 0. The molecule has 0 unspecified atom stereocenters. The van der Waals surface area contributed by atoms with Gasteiger partial charge in [0.25, 0.3) is 5.91 Å². The summed E-state index contributed by atoms with van der Waals surface area (Å²) in [6, 6.07) is 14.0. The van der Waals surface area contributed by atoms with Crippen molar-refractivity contribution in [2.75, 3.05) is 12.3 Å². The third kappa shape index (κ3) is 2.82. The van der Waals surface area contributed by atoms with Crippen LogP contribution >= 0.6 is 11.8 Å².